The van der Waals surface area contributed by atoms with Gasteiger partial charge >= 0.3 is 0 Å². The van der Waals surface area contributed by atoms with Crippen molar-refractivity contribution in [3.05, 3.63) is 63.8 Å². The summed E-state index contributed by atoms with van der Waals surface area (Å²) in [4.78, 5) is 25.6. The van der Waals surface area contributed by atoms with E-state index in [0.29, 0.717) is 18.5 Å². The standard InChI is InChI=1S/C21H28FN5O/c1-25(2)21-23-18(13-20(28)24-21)14-26(3)19-10-12-27(15-19)11-4-5-16-6-8-17(22)9-7-16/h4-9,13,19H,10-12,14-15H2,1-3H3,(H,23,24,28)/b5-4+. The minimum atomic E-state index is -0.213. The molecule has 1 saturated heterocycles. The van der Waals surface area contributed by atoms with Gasteiger partial charge in [-0.3, -0.25) is 19.6 Å². The van der Waals surface area contributed by atoms with Crippen molar-refractivity contribution in [2.75, 3.05) is 45.7 Å². The molecule has 1 fully saturated rings. The van der Waals surface area contributed by atoms with Gasteiger partial charge in [0.1, 0.15) is 5.82 Å². The predicted molar refractivity (Wildman–Crippen MR) is 111 cm³/mol. The van der Waals surface area contributed by atoms with Crippen molar-refractivity contribution in [2.45, 2.75) is 19.0 Å². The summed E-state index contributed by atoms with van der Waals surface area (Å²) in [7, 11) is 5.81. The molecule has 1 aliphatic heterocycles. The Balaban J connectivity index is 1.52. The first kappa shape index (κ1) is 20.2. The van der Waals surface area contributed by atoms with Gasteiger partial charge in [0.15, 0.2) is 0 Å². The quantitative estimate of drug-likeness (QED) is 0.792. The normalized spacial score (nSPS) is 17.7. The van der Waals surface area contributed by atoms with E-state index < -0.39 is 0 Å². The Morgan fingerprint density at radius 1 is 1.29 bits per heavy atom. The Morgan fingerprint density at radius 2 is 2.04 bits per heavy atom. The van der Waals surface area contributed by atoms with Gasteiger partial charge in [-0.1, -0.05) is 24.3 Å². The molecule has 1 aliphatic rings. The molecule has 0 saturated carbocycles. The van der Waals surface area contributed by atoms with Crippen LogP contribution in [0.4, 0.5) is 10.3 Å². The first-order valence-corrected chi connectivity index (χ1v) is 9.53. The van der Waals surface area contributed by atoms with Crippen LogP contribution in [0.3, 0.4) is 0 Å². The fourth-order valence-electron chi connectivity index (χ4n) is 3.42. The summed E-state index contributed by atoms with van der Waals surface area (Å²) < 4.78 is 13.0. The Labute approximate surface area is 165 Å². The molecule has 2 aromatic rings. The highest BCUT2D eigenvalue weighted by atomic mass is 19.1. The van der Waals surface area contributed by atoms with Crippen LogP contribution in [0.25, 0.3) is 6.08 Å². The second-order valence-corrected chi connectivity index (χ2v) is 7.53. The van der Waals surface area contributed by atoms with Crippen LogP contribution in [0.1, 0.15) is 17.7 Å². The summed E-state index contributed by atoms with van der Waals surface area (Å²) in [5, 5.41) is 0. The molecule has 0 amide bonds. The van der Waals surface area contributed by atoms with Crippen LogP contribution in [0.5, 0.6) is 0 Å². The van der Waals surface area contributed by atoms with Gasteiger partial charge in [0, 0.05) is 52.4 Å². The molecule has 150 valence electrons. The molecule has 0 bridgehead atoms. The highest BCUT2D eigenvalue weighted by molar-refractivity contribution is 5.48. The molecule has 0 spiro atoms. The zero-order chi connectivity index (χ0) is 20.1. The van der Waals surface area contributed by atoms with Gasteiger partial charge in [-0.2, -0.15) is 0 Å². The van der Waals surface area contributed by atoms with Gasteiger partial charge in [0.25, 0.3) is 5.56 Å². The second-order valence-electron chi connectivity index (χ2n) is 7.53. The van der Waals surface area contributed by atoms with E-state index in [0.717, 1.165) is 37.3 Å². The summed E-state index contributed by atoms with van der Waals surface area (Å²) in [5.74, 6) is 0.366. The van der Waals surface area contributed by atoms with Crippen molar-refractivity contribution >= 4 is 12.0 Å². The minimum absolute atomic E-state index is 0.124. The Hall–Kier alpha value is -2.51. The molecule has 1 atom stereocenters. The first-order valence-electron chi connectivity index (χ1n) is 9.53. The number of aromatic nitrogens is 2. The topological polar surface area (TPSA) is 55.5 Å². The van der Waals surface area contributed by atoms with Gasteiger partial charge in [0.05, 0.1) is 5.69 Å². The summed E-state index contributed by atoms with van der Waals surface area (Å²) in [6.45, 7) is 3.53. The van der Waals surface area contributed by atoms with E-state index in [1.54, 1.807) is 23.1 Å². The third-order valence-electron chi connectivity index (χ3n) is 5.03. The average molecular weight is 385 g/mol. The highest BCUT2D eigenvalue weighted by Gasteiger charge is 2.25. The number of H-pyrrole nitrogens is 1. The number of nitrogens with one attached hydrogen (secondary N) is 1. The molecule has 1 N–H and O–H groups in total. The van der Waals surface area contributed by atoms with Crippen molar-refractivity contribution in [3.8, 4) is 0 Å². The molecule has 28 heavy (non-hydrogen) atoms. The molecule has 7 heteroatoms. The Bertz CT molecular complexity index is 862. The maximum Gasteiger partial charge on any atom is 0.252 e. The van der Waals surface area contributed by atoms with Crippen molar-refractivity contribution in [3.63, 3.8) is 0 Å². The maximum absolute atomic E-state index is 13.0. The van der Waals surface area contributed by atoms with Crippen LogP contribution in [0, 0.1) is 5.82 Å². The van der Waals surface area contributed by atoms with E-state index in [1.165, 1.54) is 12.1 Å². The third-order valence-corrected chi connectivity index (χ3v) is 5.03. The monoisotopic (exact) mass is 385 g/mol. The molecule has 1 aromatic heterocycles. The fourth-order valence-corrected chi connectivity index (χ4v) is 3.42. The van der Waals surface area contributed by atoms with E-state index in [9.17, 15) is 9.18 Å². The van der Waals surface area contributed by atoms with Gasteiger partial charge in [-0.15, -0.1) is 0 Å². The number of hydrogen-bond acceptors (Lipinski definition) is 5. The van der Waals surface area contributed by atoms with Gasteiger partial charge in [-0.25, -0.2) is 9.37 Å². The molecule has 1 aromatic carbocycles. The molecular weight excluding hydrogens is 357 g/mol. The zero-order valence-corrected chi connectivity index (χ0v) is 16.7. The lowest BCUT2D eigenvalue weighted by molar-refractivity contribution is 0.227. The number of aromatic amines is 1. The molecular formula is C21H28FN5O. The zero-order valence-electron chi connectivity index (χ0n) is 16.7. The lowest BCUT2D eigenvalue weighted by atomic mass is 10.2. The van der Waals surface area contributed by atoms with Crippen LogP contribution in [0.2, 0.25) is 0 Å². The van der Waals surface area contributed by atoms with Crippen LogP contribution in [-0.4, -0.2) is 66.6 Å². The maximum atomic E-state index is 13.0. The van der Waals surface area contributed by atoms with Gasteiger partial charge in [0.2, 0.25) is 5.95 Å². The van der Waals surface area contributed by atoms with Crippen molar-refractivity contribution in [2.24, 2.45) is 0 Å². The van der Waals surface area contributed by atoms with E-state index in [-0.39, 0.29) is 11.4 Å². The molecule has 3 rings (SSSR count). The number of hydrogen-bond donors (Lipinski definition) is 1. The number of benzene rings is 1. The van der Waals surface area contributed by atoms with Gasteiger partial charge in [-0.05, 0) is 31.2 Å². The number of anilines is 1. The van der Waals surface area contributed by atoms with Crippen LogP contribution in [-0.2, 0) is 6.54 Å². The van der Waals surface area contributed by atoms with Crippen molar-refractivity contribution < 1.29 is 4.39 Å². The number of likely N-dealkylation sites (N-methyl/N-ethyl adjacent to an activating group) is 1. The molecule has 1 unspecified atom stereocenters. The predicted octanol–water partition coefficient (Wildman–Crippen LogP) is 2.19. The number of rotatable bonds is 7. The van der Waals surface area contributed by atoms with E-state index in [1.807, 2.05) is 20.2 Å². The number of nitrogens with zero attached hydrogens (tertiary/aromatic N) is 4. The Morgan fingerprint density at radius 3 is 2.75 bits per heavy atom. The summed E-state index contributed by atoms with van der Waals surface area (Å²) in [5.41, 5.74) is 1.66. The summed E-state index contributed by atoms with van der Waals surface area (Å²) in [6, 6.07) is 8.52. The van der Waals surface area contributed by atoms with Crippen molar-refractivity contribution in [1.29, 1.82) is 0 Å². The lowest BCUT2D eigenvalue weighted by Crippen LogP contribution is -2.35. The second kappa shape index (κ2) is 9.12. The molecule has 0 aliphatic carbocycles. The smallest absolute Gasteiger partial charge is 0.252 e. The Kier molecular flexibility index (Phi) is 6.59. The molecule has 6 nitrogen and oxygen atoms in total. The molecule has 2 heterocycles. The minimum Gasteiger partial charge on any atom is -0.348 e. The van der Waals surface area contributed by atoms with E-state index in [2.05, 4.69) is 32.9 Å². The molecule has 0 radical (unpaired) electrons. The van der Waals surface area contributed by atoms with Gasteiger partial charge < -0.3 is 4.90 Å². The lowest BCUT2D eigenvalue weighted by Gasteiger charge is -2.24. The first-order chi connectivity index (χ1) is 13.4. The van der Waals surface area contributed by atoms with Crippen LogP contribution in [0.15, 0.2) is 41.2 Å². The fraction of sp³-hybridized carbons (Fsp3) is 0.429. The highest BCUT2D eigenvalue weighted by Crippen LogP contribution is 2.16. The van der Waals surface area contributed by atoms with E-state index >= 15 is 0 Å². The SMILES string of the molecule is CN(C)c1nc(CN(C)C2CCN(C/C=C/c3ccc(F)cc3)C2)cc(=O)[nH]1. The van der Waals surface area contributed by atoms with Crippen LogP contribution >= 0.6 is 0 Å². The summed E-state index contributed by atoms with van der Waals surface area (Å²) in [6.07, 6.45) is 5.24. The van der Waals surface area contributed by atoms with Crippen molar-refractivity contribution in [1.82, 2.24) is 19.8 Å². The third kappa shape index (κ3) is 5.50. The average Bonchev–Trinajstić information content (AvgIpc) is 3.12. The van der Waals surface area contributed by atoms with Crippen LogP contribution < -0.4 is 10.5 Å². The van der Waals surface area contributed by atoms with E-state index in [4.69, 9.17) is 0 Å². The number of likely N-dealkylation sites (tertiary alicyclic amines) is 1. The number of halogens is 1. The largest absolute Gasteiger partial charge is 0.348 e. The summed E-state index contributed by atoms with van der Waals surface area (Å²) >= 11 is 0.